The van der Waals surface area contributed by atoms with Gasteiger partial charge in [0.1, 0.15) is 13.3 Å². The zero-order chi connectivity index (χ0) is 9.68. The Morgan fingerprint density at radius 1 is 1.62 bits per heavy atom. The van der Waals surface area contributed by atoms with Gasteiger partial charge in [-0.1, -0.05) is 5.16 Å². The summed E-state index contributed by atoms with van der Waals surface area (Å²) in [5.41, 5.74) is 0. The van der Waals surface area contributed by atoms with Crippen molar-refractivity contribution in [3.63, 3.8) is 0 Å². The zero-order valence-corrected chi connectivity index (χ0v) is 8.19. The van der Waals surface area contributed by atoms with Crippen LogP contribution >= 0.6 is 0 Å². The molecular formula is C9H16N2O2. The molecule has 74 valence electrons. The van der Waals surface area contributed by atoms with Gasteiger partial charge in [-0.3, -0.25) is 4.79 Å². The van der Waals surface area contributed by atoms with Crippen molar-refractivity contribution in [1.29, 1.82) is 0 Å². The molecule has 1 atom stereocenters. The molecule has 0 saturated carbocycles. The predicted molar refractivity (Wildman–Crippen MR) is 50.5 cm³/mol. The summed E-state index contributed by atoms with van der Waals surface area (Å²) in [6, 6.07) is 0.338. The average Bonchev–Trinajstić information content (AvgIpc) is 2.15. The number of carbonyl (C=O) groups is 1. The maximum Gasteiger partial charge on any atom is 0.268 e. The zero-order valence-electron chi connectivity index (χ0n) is 8.19. The molecule has 0 aromatic rings. The Bertz CT molecular complexity index is 204. The first-order valence-corrected chi connectivity index (χ1v) is 4.63. The molecule has 1 unspecified atom stereocenters. The fraction of sp³-hybridized carbons (Fsp3) is 0.778. The van der Waals surface area contributed by atoms with Gasteiger partial charge in [0, 0.05) is 12.6 Å². The van der Waals surface area contributed by atoms with E-state index in [1.807, 2.05) is 4.90 Å². The Balaban J connectivity index is 2.48. The molecule has 1 rings (SSSR count). The lowest BCUT2D eigenvalue weighted by molar-refractivity contribution is -0.126. The molecule has 0 radical (unpaired) electrons. The van der Waals surface area contributed by atoms with Crippen LogP contribution in [0.3, 0.4) is 0 Å². The van der Waals surface area contributed by atoms with Crippen LogP contribution in [0.1, 0.15) is 26.2 Å². The molecule has 1 amide bonds. The second-order valence-corrected chi connectivity index (χ2v) is 3.29. The highest BCUT2D eigenvalue weighted by atomic mass is 16.6. The van der Waals surface area contributed by atoms with Gasteiger partial charge in [0.25, 0.3) is 5.91 Å². The fourth-order valence-corrected chi connectivity index (χ4v) is 1.60. The SMILES string of the molecule is CO/N=C/C(=O)N1CCCCC1C. The molecule has 0 N–H and O–H groups in total. The van der Waals surface area contributed by atoms with Crippen molar-refractivity contribution in [2.24, 2.45) is 5.16 Å². The van der Waals surface area contributed by atoms with E-state index >= 15 is 0 Å². The lowest BCUT2D eigenvalue weighted by Gasteiger charge is -2.32. The summed E-state index contributed by atoms with van der Waals surface area (Å²) < 4.78 is 0. The van der Waals surface area contributed by atoms with Crippen LogP contribution in [0.5, 0.6) is 0 Å². The fourth-order valence-electron chi connectivity index (χ4n) is 1.60. The van der Waals surface area contributed by atoms with Crippen LogP contribution < -0.4 is 0 Å². The van der Waals surface area contributed by atoms with Crippen molar-refractivity contribution < 1.29 is 9.63 Å². The van der Waals surface area contributed by atoms with Gasteiger partial charge in [0.15, 0.2) is 0 Å². The summed E-state index contributed by atoms with van der Waals surface area (Å²) in [5.74, 6) is -0.0472. The number of likely N-dealkylation sites (tertiary alicyclic amines) is 1. The molecule has 0 aliphatic carbocycles. The van der Waals surface area contributed by atoms with Gasteiger partial charge in [-0.05, 0) is 26.2 Å². The molecule has 13 heavy (non-hydrogen) atoms. The van der Waals surface area contributed by atoms with E-state index < -0.39 is 0 Å². The Labute approximate surface area is 78.5 Å². The lowest BCUT2D eigenvalue weighted by atomic mass is 10.0. The van der Waals surface area contributed by atoms with Crippen LogP contribution in [0, 0.1) is 0 Å². The average molecular weight is 184 g/mol. The van der Waals surface area contributed by atoms with E-state index in [4.69, 9.17) is 0 Å². The summed E-state index contributed by atoms with van der Waals surface area (Å²) in [6.45, 7) is 2.91. The number of nitrogens with zero attached hydrogens (tertiary/aromatic N) is 2. The van der Waals surface area contributed by atoms with E-state index in [0.717, 1.165) is 19.4 Å². The summed E-state index contributed by atoms with van der Waals surface area (Å²) >= 11 is 0. The molecule has 1 aliphatic rings. The molecular weight excluding hydrogens is 168 g/mol. The smallest absolute Gasteiger partial charge is 0.268 e. The molecule has 1 heterocycles. The van der Waals surface area contributed by atoms with Gasteiger partial charge in [0.05, 0.1) is 0 Å². The second-order valence-electron chi connectivity index (χ2n) is 3.29. The largest absolute Gasteiger partial charge is 0.399 e. The first kappa shape index (κ1) is 10.0. The Morgan fingerprint density at radius 3 is 3.00 bits per heavy atom. The third kappa shape index (κ3) is 2.72. The van der Waals surface area contributed by atoms with Gasteiger partial charge in [-0.2, -0.15) is 0 Å². The summed E-state index contributed by atoms with van der Waals surface area (Å²) in [6.07, 6.45) is 4.64. The van der Waals surface area contributed by atoms with E-state index in [-0.39, 0.29) is 5.91 Å². The van der Waals surface area contributed by atoms with Crippen molar-refractivity contribution in [2.75, 3.05) is 13.7 Å². The van der Waals surface area contributed by atoms with E-state index in [2.05, 4.69) is 16.9 Å². The first-order chi connectivity index (χ1) is 6.25. The molecule has 0 spiro atoms. The first-order valence-electron chi connectivity index (χ1n) is 4.63. The highest BCUT2D eigenvalue weighted by molar-refractivity contribution is 6.26. The number of oxime groups is 1. The van der Waals surface area contributed by atoms with Crippen molar-refractivity contribution in [1.82, 2.24) is 4.90 Å². The Hall–Kier alpha value is -1.06. The molecule has 0 bridgehead atoms. The van der Waals surface area contributed by atoms with Gasteiger partial charge < -0.3 is 9.74 Å². The van der Waals surface area contributed by atoms with Gasteiger partial charge in [0.2, 0.25) is 0 Å². The van der Waals surface area contributed by atoms with Gasteiger partial charge in [-0.15, -0.1) is 0 Å². The van der Waals surface area contributed by atoms with Crippen LogP contribution in [0.2, 0.25) is 0 Å². The van der Waals surface area contributed by atoms with Crippen LogP contribution in [0.4, 0.5) is 0 Å². The molecule has 0 aromatic heterocycles. The van der Waals surface area contributed by atoms with Gasteiger partial charge >= 0.3 is 0 Å². The molecule has 1 fully saturated rings. The summed E-state index contributed by atoms with van der Waals surface area (Å²) in [5, 5.41) is 3.47. The van der Waals surface area contributed by atoms with Crippen LogP contribution in [0.25, 0.3) is 0 Å². The third-order valence-corrected chi connectivity index (χ3v) is 2.35. The number of amides is 1. The minimum Gasteiger partial charge on any atom is -0.399 e. The van der Waals surface area contributed by atoms with Crippen LogP contribution in [-0.4, -0.2) is 36.7 Å². The number of piperidine rings is 1. The van der Waals surface area contributed by atoms with Crippen molar-refractivity contribution >= 4 is 12.1 Å². The second kappa shape index (κ2) is 4.84. The maximum absolute atomic E-state index is 11.5. The normalized spacial score (nSPS) is 23.5. The standard InChI is InChI=1S/C9H16N2O2/c1-8-5-3-4-6-11(8)9(12)7-10-13-2/h7-8H,3-6H2,1-2H3/b10-7+. The number of hydrogen-bond acceptors (Lipinski definition) is 3. The molecule has 1 saturated heterocycles. The molecule has 1 aliphatic heterocycles. The van der Waals surface area contributed by atoms with Crippen molar-refractivity contribution in [3.05, 3.63) is 0 Å². The maximum atomic E-state index is 11.5. The number of rotatable bonds is 2. The molecule has 4 nitrogen and oxygen atoms in total. The third-order valence-electron chi connectivity index (χ3n) is 2.35. The number of carbonyl (C=O) groups excluding carboxylic acids is 1. The Kier molecular flexibility index (Phi) is 3.73. The topological polar surface area (TPSA) is 41.9 Å². The highest BCUT2D eigenvalue weighted by Crippen LogP contribution is 2.15. The van der Waals surface area contributed by atoms with Gasteiger partial charge in [-0.25, -0.2) is 0 Å². The quantitative estimate of drug-likeness (QED) is 0.475. The van der Waals surface area contributed by atoms with Crippen molar-refractivity contribution in [3.8, 4) is 0 Å². The monoisotopic (exact) mass is 184 g/mol. The van der Waals surface area contributed by atoms with E-state index in [9.17, 15) is 4.79 Å². The van der Waals surface area contributed by atoms with E-state index in [1.54, 1.807) is 0 Å². The van der Waals surface area contributed by atoms with E-state index in [0.29, 0.717) is 6.04 Å². The lowest BCUT2D eigenvalue weighted by Crippen LogP contribution is -2.42. The minimum absolute atomic E-state index is 0.0472. The van der Waals surface area contributed by atoms with Crippen molar-refractivity contribution in [2.45, 2.75) is 32.2 Å². The Morgan fingerprint density at radius 2 is 2.38 bits per heavy atom. The van der Waals surface area contributed by atoms with Crippen LogP contribution in [-0.2, 0) is 9.63 Å². The molecule has 0 aromatic carbocycles. The van der Waals surface area contributed by atoms with Crippen LogP contribution in [0.15, 0.2) is 5.16 Å². The summed E-state index contributed by atoms with van der Waals surface area (Å²) in [4.78, 5) is 17.8. The molecule has 4 heteroatoms. The minimum atomic E-state index is -0.0472. The highest BCUT2D eigenvalue weighted by Gasteiger charge is 2.21. The summed E-state index contributed by atoms with van der Waals surface area (Å²) in [7, 11) is 1.43. The van der Waals surface area contributed by atoms with E-state index in [1.165, 1.54) is 19.7 Å². The predicted octanol–water partition coefficient (Wildman–Crippen LogP) is 1.02. The number of hydrogen-bond donors (Lipinski definition) is 0.